The number of rotatable bonds is 4. The van der Waals surface area contributed by atoms with Gasteiger partial charge in [0.2, 0.25) is 0 Å². The van der Waals surface area contributed by atoms with Crippen LogP contribution in [0.2, 0.25) is 0 Å². The number of nitrogens with one attached hydrogen (secondary N) is 2. The van der Waals surface area contributed by atoms with Gasteiger partial charge in [-0.3, -0.25) is 0 Å². The summed E-state index contributed by atoms with van der Waals surface area (Å²) in [6.07, 6.45) is 3.13. The summed E-state index contributed by atoms with van der Waals surface area (Å²) in [5, 5.41) is 0. The topological polar surface area (TPSA) is 205 Å². The molecule has 20 heteroatoms. The predicted molar refractivity (Wildman–Crippen MR) is 415 cm³/mol. The molecule has 20 nitrogen and oxygen atoms in total. The van der Waals surface area contributed by atoms with Crippen molar-refractivity contribution in [1.29, 1.82) is 0 Å². The zero-order chi connectivity index (χ0) is 73.7. The molecule has 0 aliphatic carbocycles. The molecule has 106 heavy (non-hydrogen) atoms. The molecule has 564 valence electrons. The van der Waals surface area contributed by atoms with Gasteiger partial charge < -0.3 is 85.8 Å². The molecule has 3 aromatic heterocycles. The van der Waals surface area contributed by atoms with Gasteiger partial charge in [0.1, 0.15) is 98.9 Å². The van der Waals surface area contributed by atoms with E-state index in [0.29, 0.717) is 170 Å². The summed E-state index contributed by atoms with van der Waals surface area (Å²) in [6, 6.07) is 43.6. The normalized spacial score (nSPS) is 16.5. The highest BCUT2D eigenvalue weighted by Crippen LogP contribution is 2.46. The van der Waals surface area contributed by atoms with Crippen LogP contribution in [0.15, 0.2) is 133 Å². The van der Waals surface area contributed by atoms with Gasteiger partial charge in [-0.15, -0.1) is 0 Å². The van der Waals surface area contributed by atoms with Gasteiger partial charge in [0, 0.05) is 33.3 Å². The van der Waals surface area contributed by atoms with Gasteiger partial charge in [-0.1, -0.05) is 64.1 Å². The van der Waals surface area contributed by atoms with E-state index >= 15 is 0 Å². The first kappa shape index (κ1) is 77.9. The second kappa shape index (κ2) is 41.0. The van der Waals surface area contributed by atoms with Crippen molar-refractivity contribution in [2.24, 2.45) is 0 Å². The SMILES string of the molecule is CCC1=C(C)c2nc1cc1[nH]c(c(C)c1CC)c1c3nc(cc4[nH]c(c(C)c4CC)c2-c2ccccc2OCCOCCOc2ccc(cc2)OCCOCCOCCOCCOc2ccc(cc2)OCCOCCOCCOCCOc2ccc(cc2)OCCOCCOc2ccccc2-1)C(CC)=C3C. The number of hydrogen-bond acceptors (Lipinski definition) is 18. The summed E-state index contributed by atoms with van der Waals surface area (Å²) in [5.41, 5.74) is 20.7. The minimum absolute atomic E-state index is 0.320. The molecule has 0 saturated heterocycles. The summed E-state index contributed by atoms with van der Waals surface area (Å²) in [5.74, 6) is 5.80. The number of allylic oxidation sites excluding steroid dienone is 4. The monoisotopic (exact) mass is 1450 g/mol. The number of ether oxygens (including phenoxy) is 16. The van der Waals surface area contributed by atoms with Crippen LogP contribution in [0.1, 0.15) is 99.4 Å². The van der Waals surface area contributed by atoms with Crippen molar-refractivity contribution >= 4 is 44.4 Å². The van der Waals surface area contributed by atoms with Crippen molar-refractivity contribution in [3.8, 4) is 68.2 Å². The number of para-hydroxylation sites is 2. The molecule has 0 unspecified atom stereocenters. The first-order valence-electron chi connectivity index (χ1n) is 37.5. The van der Waals surface area contributed by atoms with Crippen LogP contribution in [0.25, 0.3) is 66.6 Å². The molecular formula is C86H104N4O16. The van der Waals surface area contributed by atoms with Crippen LogP contribution in [0.5, 0.6) is 46.0 Å². The fraction of sp³-hybridized carbons (Fsp3) is 0.419. The minimum atomic E-state index is 0.320. The zero-order valence-corrected chi connectivity index (χ0v) is 62.9. The molecule has 0 spiro atoms. The van der Waals surface area contributed by atoms with Crippen molar-refractivity contribution in [2.75, 3.05) is 159 Å². The number of aryl methyl sites for hydroxylation is 4. The highest BCUT2D eigenvalue weighted by Gasteiger charge is 2.28. The molecule has 16 bridgehead atoms. The van der Waals surface area contributed by atoms with E-state index < -0.39 is 0 Å². The van der Waals surface area contributed by atoms with Crippen molar-refractivity contribution in [2.45, 2.75) is 81.1 Å². The third kappa shape index (κ3) is 21.1. The molecule has 0 atom stereocenters. The van der Waals surface area contributed by atoms with E-state index in [0.717, 1.165) is 150 Å². The van der Waals surface area contributed by atoms with E-state index in [4.69, 9.17) is 85.8 Å². The average Bonchev–Trinajstić information content (AvgIpc) is 1.58. The Hall–Kier alpha value is -9.22. The molecule has 0 saturated carbocycles. The molecule has 11 aliphatic heterocycles. The highest BCUT2D eigenvalue weighted by atomic mass is 16.6. The minimum Gasteiger partial charge on any atom is -0.491 e. The number of H-pyrrole nitrogens is 2. The smallest absolute Gasteiger partial charge is 0.127 e. The summed E-state index contributed by atoms with van der Waals surface area (Å²) >= 11 is 0. The van der Waals surface area contributed by atoms with Crippen molar-refractivity contribution in [1.82, 2.24) is 19.9 Å². The predicted octanol–water partition coefficient (Wildman–Crippen LogP) is 16.3. The molecule has 0 radical (unpaired) electrons. The van der Waals surface area contributed by atoms with Crippen LogP contribution < -0.4 is 37.9 Å². The maximum Gasteiger partial charge on any atom is 0.127 e. The molecule has 2 N–H and O–H groups in total. The van der Waals surface area contributed by atoms with Gasteiger partial charge in [0.05, 0.1) is 140 Å². The van der Waals surface area contributed by atoms with Crippen LogP contribution in [0.3, 0.4) is 0 Å². The van der Waals surface area contributed by atoms with E-state index in [1.807, 2.05) is 97.1 Å². The van der Waals surface area contributed by atoms with Gasteiger partial charge in [-0.2, -0.15) is 0 Å². The van der Waals surface area contributed by atoms with Gasteiger partial charge in [0.25, 0.3) is 0 Å². The summed E-state index contributed by atoms with van der Waals surface area (Å²) in [6.45, 7) is 27.5. The van der Waals surface area contributed by atoms with Crippen molar-refractivity contribution in [3.05, 3.63) is 178 Å². The fourth-order valence-electron chi connectivity index (χ4n) is 13.4. The zero-order valence-electron chi connectivity index (χ0n) is 62.9. The number of nitrogens with zero attached hydrogens (tertiary/aromatic N) is 2. The van der Waals surface area contributed by atoms with Crippen LogP contribution in [0, 0.1) is 13.8 Å². The lowest BCUT2D eigenvalue weighted by molar-refractivity contribution is 0.00483. The Kier molecular flexibility index (Phi) is 30.2. The van der Waals surface area contributed by atoms with E-state index in [2.05, 4.69) is 102 Å². The number of aromatic nitrogens is 4. The van der Waals surface area contributed by atoms with E-state index in [1.165, 1.54) is 22.3 Å². The third-order valence-corrected chi connectivity index (χ3v) is 18.7. The molecule has 8 aromatic rings. The van der Waals surface area contributed by atoms with Gasteiger partial charge >= 0.3 is 0 Å². The van der Waals surface area contributed by atoms with Crippen LogP contribution >= 0.6 is 0 Å². The standard InChI is InChI=1S/C86H104N4O16/c1-9-69-59(5)83-81-73-17-13-15-19-79(73)105-55-47-97-45-53-103-67-29-25-65(26-30-67)101-51-43-95-39-35-91-33-37-93-41-49-99-63-21-23-64(24-22-63)100-50-42-94-38-34-92-36-40-96-44-52-102-66-27-31-68(32-28-66)104-54-46-98-48-56-106-80-20-16-14-18-74(80)82(85-60(6)70(10-2)76(88-85)57-75(69)87-83)86-62(8)72(12-4)78(90-86)58-77-71(11-3)61(7)84(81)89-77/h13-32,57-58,87,90H,9-12,33-56H2,1-8H3. The van der Waals surface area contributed by atoms with Crippen LogP contribution in [0.4, 0.5) is 0 Å². The summed E-state index contributed by atoms with van der Waals surface area (Å²) < 4.78 is 95.4. The maximum absolute atomic E-state index is 6.73. The number of aromatic amines is 2. The molecule has 19 rings (SSSR count). The lowest BCUT2D eigenvalue weighted by atomic mass is 9.94. The van der Waals surface area contributed by atoms with Crippen molar-refractivity contribution in [3.63, 3.8) is 0 Å². The quantitative estimate of drug-likeness (QED) is 0.168. The first-order chi connectivity index (χ1) is 52.1. The molecular weight excluding hydrogens is 1340 g/mol. The fourth-order valence-corrected chi connectivity index (χ4v) is 13.4. The first-order valence-corrected chi connectivity index (χ1v) is 37.5. The molecule has 0 fully saturated rings. The molecule has 5 aromatic carbocycles. The maximum atomic E-state index is 6.73. The Morgan fingerprint density at radius 2 is 0.538 bits per heavy atom. The second-order valence-corrected chi connectivity index (χ2v) is 25.5. The Bertz CT molecular complexity index is 4060. The van der Waals surface area contributed by atoms with Gasteiger partial charge in [-0.05, 0) is 195 Å². The lowest BCUT2D eigenvalue weighted by Gasteiger charge is -2.14. The van der Waals surface area contributed by atoms with Crippen LogP contribution in [-0.4, -0.2) is 179 Å². The highest BCUT2D eigenvalue weighted by molar-refractivity contribution is 6.04. The molecule has 14 heterocycles. The van der Waals surface area contributed by atoms with Crippen molar-refractivity contribution < 1.29 is 75.8 Å². The number of benzene rings is 5. The molecule has 11 aliphatic rings. The van der Waals surface area contributed by atoms with E-state index in [9.17, 15) is 0 Å². The Morgan fingerprint density at radius 3 is 0.792 bits per heavy atom. The Balaban J connectivity index is 0.792. The van der Waals surface area contributed by atoms with Gasteiger partial charge in [-0.25, -0.2) is 9.97 Å². The second-order valence-electron chi connectivity index (χ2n) is 25.5. The third-order valence-electron chi connectivity index (χ3n) is 18.7. The summed E-state index contributed by atoms with van der Waals surface area (Å²) in [4.78, 5) is 19.4. The molecule has 0 amide bonds. The number of hydrogen-bond donors (Lipinski definition) is 2. The van der Waals surface area contributed by atoms with E-state index in [-0.39, 0.29) is 0 Å². The summed E-state index contributed by atoms with van der Waals surface area (Å²) in [7, 11) is 0. The van der Waals surface area contributed by atoms with Crippen LogP contribution in [-0.2, 0) is 50.7 Å². The average molecular weight is 1450 g/mol. The lowest BCUT2D eigenvalue weighted by Crippen LogP contribution is -2.14. The Morgan fingerprint density at radius 1 is 0.292 bits per heavy atom. The Labute approximate surface area is 623 Å². The van der Waals surface area contributed by atoms with Gasteiger partial charge in [0.15, 0.2) is 0 Å². The largest absolute Gasteiger partial charge is 0.491 e. The van der Waals surface area contributed by atoms with E-state index in [1.54, 1.807) is 0 Å².